The van der Waals surface area contributed by atoms with Gasteiger partial charge in [0.25, 0.3) is 0 Å². The third-order valence-electron chi connectivity index (χ3n) is 1.45. The molecule has 0 atom stereocenters. The minimum atomic E-state index is -0.716. The predicted octanol–water partition coefficient (Wildman–Crippen LogP) is 2.75. The molecule has 5 heteroatoms. The van der Waals surface area contributed by atoms with Crippen LogP contribution in [0.4, 0.5) is 8.78 Å². The summed E-state index contributed by atoms with van der Waals surface area (Å²) in [5.74, 6) is -1.43. The van der Waals surface area contributed by atoms with Crippen LogP contribution in [0.1, 0.15) is 0 Å². The van der Waals surface area contributed by atoms with Crippen molar-refractivity contribution in [2.24, 2.45) is 0 Å². The number of benzene rings is 1. The molecule has 2 rings (SSSR count). The minimum Gasteiger partial charge on any atom is -0.417 e. The van der Waals surface area contributed by atoms with Gasteiger partial charge in [-0.15, -0.1) is 0 Å². The van der Waals surface area contributed by atoms with Gasteiger partial charge in [0.2, 0.25) is 0 Å². The van der Waals surface area contributed by atoms with Crippen molar-refractivity contribution in [3.8, 4) is 11.8 Å². The summed E-state index contributed by atoms with van der Waals surface area (Å²) in [7, 11) is 0. The number of hydrogen-bond acceptors (Lipinski definition) is 3. The summed E-state index contributed by atoms with van der Waals surface area (Å²) in [6.07, 6.45) is 2.60. The average Bonchev–Trinajstić information content (AvgIpc) is 2.54. The summed E-state index contributed by atoms with van der Waals surface area (Å²) < 4.78 is 35.0. The first-order valence-electron chi connectivity index (χ1n) is 3.77. The fourth-order valence-electron chi connectivity index (χ4n) is 0.949. The standard InChI is InChI=1S/C9H5F2NO2/c10-6-3-7(11)5-8(4-6)14-9-12-1-2-13-9/h1-5H. The van der Waals surface area contributed by atoms with Gasteiger partial charge in [0, 0.05) is 18.2 Å². The highest BCUT2D eigenvalue weighted by atomic mass is 19.1. The number of nitrogens with zero attached hydrogens (tertiary/aromatic N) is 1. The van der Waals surface area contributed by atoms with E-state index in [0.717, 1.165) is 18.2 Å². The van der Waals surface area contributed by atoms with Crippen LogP contribution in [0.25, 0.3) is 0 Å². The Bertz CT molecular complexity index is 408. The Hall–Kier alpha value is -1.91. The van der Waals surface area contributed by atoms with Gasteiger partial charge in [-0.1, -0.05) is 0 Å². The molecule has 1 aromatic carbocycles. The quantitative estimate of drug-likeness (QED) is 0.742. The molecular formula is C9H5F2NO2. The summed E-state index contributed by atoms with van der Waals surface area (Å²) in [5.41, 5.74) is 0. The van der Waals surface area contributed by atoms with Crippen molar-refractivity contribution in [1.82, 2.24) is 4.98 Å². The fourth-order valence-corrected chi connectivity index (χ4v) is 0.949. The normalized spacial score (nSPS) is 10.1. The predicted molar refractivity (Wildman–Crippen MR) is 42.9 cm³/mol. The maximum atomic E-state index is 12.7. The lowest BCUT2D eigenvalue weighted by molar-refractivity contribution is 0.328. The summed E-state index contributed by atoms with van der Waals surface area (Å²) in [6.45, 7) is 0. The van der Waals surface area contributed by atoms with Gasteiger partial charge in [-0.25, -0.2) is 8.78 Å². The zero-order chi connectivity index (χ0) is 9.97. The second-order valence-electron chi connectivity index (χ2n) is 2.51. The van der Waals surface area contributed by atoms with Gasteiger partial charge >= 0.3 is 6.08 Å². The maximum Gasteiger partial charge on any atom is 0.399 e. The van der Waals surface area contributed by atoms with Crippen molar-refractivity contribution in [3.63, 3.8) is 0 Å². The topological polar surface area (TPSA) is 35.3 Å². The van der Waals surface area contributed by atoms with Crippen molar-refractivity contribution < 1.29 is 17.9 Å². The molecule has 0 saturated heterocycles. The van der Waals surface area contributed by atoms with E-state index in [0.29, 0.717) is 0 Å². The Morgan fingerprint density at radius 1 is 1.14 bits per heavy atom. The van der Waals surface area contributed by atoms with Gasteiger partial charge in [-0.2, -0.15) is 4.98 Å². The van der Waals surface area contributed by atoms with Gasteiger partial charge in [-0.05, 0) is 0 Å². The molecule has 0 aliphatic carbocycles. The fraction of sp³-hybridized carbons (Fsp3) is 0. The molecule has 0 N–H and O–H groups in total. The first kappa shape index (κ1) is 8.68. The molecule has 0 aliphatic rings. The number of hydrogen-bond donors (Lipinski definition) is 0. The van der Waals surface area contributed by atoms with Crippen LogP contribution >= 0.6 is 0 Å². The van der Waals surface area contributed by atoms with E-state index < -0.39 is 11.6 Å². The number of ether oxygens (including phenoxy) is 1. The van der Waals surface area contributed by atoms with E-state index in [1.54, 1.807) is 0 Å². The van der Waals surface area contributed by atoms with Crippen LogP contribution in [0.3, 0.4) is 0 Å². The Labute approximate surface area is 77.9 Å². The summed E-state index contributed by atoms with van der Waals surface area (Å²) in [6, 6.07) is 2.82. The molecule has 0 saturated carbocycles. The molecule has 1 heterocycles. The van der Waals surface area contributed by atoms with E-state index in [1.807, 2.05) is 0 Å². The second kappa shape index (κ2) is 3.45. The lowest BCUT2D eigenvalue weighted by atomic mass is 10.3. The summed E-state index contributed by atoms with van der Waals surface area (Å²) >= 11 is 0. The lowest BCUT2D eigenvalue weighted by Gasteiger charge is -2.00. The number of oxazole rings is 1. The van der Waals surface area contributed by atoms with Crippen LogP contribution in [-0.4, -0.2) is 4.98 Å². The zero-order valence-electron chi connectivity index (χ0n) is 6.91. The van der Waals surface area contributed by atoms with Crippen LogP contribution < -0.4 is 4.74 Å². The van der Waals surface area contributed by atoms with Gasteiger partial charge < -0.3 is 9.15 Å². The SMILES string of the molecule is Fc1cc(F)cc(Oc2ncco2)c1. The van der Waals surface area contributed by atoms with Crippen LogP contribution in [0.2, 0.25) is 0 Å². The van der Waals surface area contributed by atoms with E-state index in [2.05, 4.69) is 4.98 Å². The van der Waals surface area contributed by atoms with Gasteiger partial charge in [-0.3, -0.25) is 0 Å². The lowest BCUT2D eigenvalue weighted by Crippen LogP contribution is -1.87. The molecule has 1 aromatic heterocycles. The van der Waals surface area contributed by atoms with E-state index in [4.69, 9.17) is 9.15 Å². The van der Waals surface area contributed by atoms with Crippen LogP contribution in [0.5, 0.6) is 11.8 Å². The third-order valence-corrected chi connectivity index (χ3v) is 1.45. The van der Waals surface area contributed by atoms with Crippen molar-refractivity contribution >= 4 is 0 Å². The highest BCUT2D eigenvalue weighted by Crippen LogP contribution is 2.21. The van der Waals surface area contributed by atoms with Crippen molar-refractivity contribution in [2.75, 3.05) is 0 Å². The molecule has 0 amide bonds. The van der Waals surface area contributed by atoms with Gasteiger partial charge in [0.15, 0.2) is 0 Å². The molecular weight excluding hydrogens is 192 g/mol. The smallest absolute Gasteiger partial charge is 0.399 e. The molecule has 0 bridgehead atoms. The van der Waals surface area contributed by atoms with Crippen molar-refractivity contribution in [3.05, 3.63) is 42.3 Å². The maximum absolute atomic E-state index is 12.7. The largest absolute Gasteiger partial charge is 0.417 e. The Kier molecular flexibility index (Phi) is 2.14. The van der Waals surface area contributed by atoms with Gasteiger partial charge in [0.05, 0.1) is 6.20 Å². The first-order chi connectivity index (χ1) is 6.74. The van der Waals surface area contributed by atoms with E-state index in [-0.39, 0.29) is 11.8 Å². The van der Waals surface area contributed by atoms with Crippen molar-refractivity contribution in [1.29, 1.82) is 0 Å². The molecule has 2 aromatic rings. The van der Waals surface area contributed by atoms with E-state index >= 15 is 0 Å². The third kappa shape index (κ3) is 1.87. The molecule has 0 radical (unpaired) electrons. The molecule has 0 unspecified atom stereocenters. The highest BCUT2D eigenvalue weighted by molar-refractivity contribution is 5.25. The Morgan fingerprint density at radius 3 is 2.43 bits per heavy atom. The molecule has 0 fully saturated rings. The second-order valence-corrected chi connectivity index (χ2v) is 2.51. The molecule has 0 spiro atoms. The molecule has 0 aliphatic heterocycles. The van der Waals surface area contributed by atoms with Gasteiger partial charge in [0.1, 0.15) is 23.6 Å². The molecule has 14 heavy (non-hydrogen) atoms. The minimum absolute atomic E-state index is 0.00458. The number of rotatable bonds is 2. The Balaban J connectivity index is 2.25. The summed E-state index contributed by atoms with van der Waals surface area (Å²) in [5, 5.41) is 0. The zero-order valence-corrected chi connectivity index (χ0v) is 6.91. The highest BCUT2D eigenvalue weighted by Gasteiger charge is 2.04. The van der Waals surface area contributed by atoms with E-state index in [1.165, 1.54) is 12.5 Å². The van der Waals surface area contributed by atoms with Crippen LogP contribution in [-0.2, 0) is 0 Å². The van der Waals surface area contributed by atoms with E-state index in [9.17, 15) is 8.78 Å². The van der Waals surface area contributed by atoms with Crippen molar-refractivity contribution in [2.45, 2.75) is 0 Å². The molecule has 72 valence electrons. The average molecular weight is 197 g/mol. The monoisotopic (exact) mass is 197 g/mol. The Morgan fingerprint density at radius 2 is 1.86 bits per heavy atom. The van der Waals surface area contributed by atoms with Crippen LogP contribution in [0.15, 0.2) is 35.1 Å². The number of halogens is 2. The number of aromatic nitrogens is 1. The molecule has 3 nitrogen and oxygen atoms in total. The first-order valence-corrected chi connectivity index (χ1v) is 3.77. The summed E-state index contributed by atoms with van der Waals surface area (Å²) in [4.78, 5) is 3.64. The van der Waals surface area contributed by atoms with Crippen LogP contribution in [0, 0.1) is 11.6 Å².